The third-order valence-electron chi connectivity index (χ3n) is 2.46. The maximum atomic E-state index is 11.6. The van der Waals surface area contributed by atoms with E-state index in [2.05, 4.69) is 0 Å². The fourth-order valence-corrected chi connectivity index (χ4v) is 1.38. The molecule has 15 heavy (non-hydrogen) atoms. The Kier molecular flexibility index (Phi) is 4.04. The summed E-state index contributed by atoms with van der Waals surface area (Å²) in [4.78, 5) is 11.6. The summed E-state index contributed by atoms with van der Waals surface area (Å²) in [5.74, 6) is -0.114. The first-order valence-corrected chi connectivity index (χ1v) is 5.27. The third-order valence-corrected chi connectivity index (χ3v) is 2.46. The van der Waals surface area contributed by atoms with E-state index in [-0.39, 0.29) is 11.7 Å². The lowest BCUT2D eigenvalue weighted by atomic mass is 9.98. The van der Waals surface area contributed by atoms with Crippen LogP contribution in [0.25, 0.3) is 0 Å². The van der Waals surface area contributed by atoms with Gasteiger partial charge in [0.2, 0.25) is 0 Å². The Morgan fingerprint density at radius 2 is 1.80 bits per heavy atom. The maximum absolute atomic E-state index is 11.6. The molecule has 0 spiro atoms. The lowest BCUT2D eigenvalue weighted by Gasteiger charge is -2.12. The van der Waals surface area contributed by atoms with Gasteiger partial charge in [0.1, 0.15) is 6.10 Å². The number of carbonyl (C=O) groups excluding carboxylic acids is 1. The molecular formula is C13H18O2. The number of aliphatic hydroxyl groups excluding tert-OH is 1. The SMILES string of the molecule is Cc1ccc(CC(=O)C(O)C(C)C)cc1. The van der Waals surface area contributed by atoms with Gasteiger partial charge in [-0.15, -0.1) is 0 Å². The molecule has 0 aliphatic heterocycles. The highest BCUT2D eigenvalue weighted by Crippen LogP contribution is 2.09. The van der Waals surface area contributed by atoms with Crippen molar-refractivity contribution < 1.29 is 9.90 Å². The molecule has 82 valence electrons. The molecule has 0 aliphatic rings. The molecule has 0 aliphatic carbocycles. The first kappa shape index (κ1) is 11.9. The average molecular weight is 206 g/mol. The fraction of sp³-hybridized carbons (Fsp3) is 0.462. The van der Waals surface area contributed by atoms with Gasteiger partial charge in [-0.25, -0.2) is 0 Å². The highest BCUT2D eigenvalue weighted by atomic mass is 16.3. The summed E-state index contributed by atoms with van der Waals surface area (Å²) < 4.78 is 0. The number of aryl methyl sites for hydroxylation is 1. The zero-order valence-corrected chi connectivity index (χ0v) is 9.53. The maximum Gasteiger partial charge on any atom is 0.165 e. The minimum absolute atomic E-state index is 0.0112. The molecule has 0 heterocycles. The highest BCUT2D eigenvalue weighted by molar-refractivity contribution is 5.85. The minimum Gasteiger partial charge on any atom is -0.385 e. The van der Waals surface area contributed by atoms with E-state index in [4.69, 9.17) is 0 Å². The van der Waals surface area contributed by atoms with Gasteiger partial charge in [0.05, 0.1) is 0 Å². The quantitative estimate of drug-likeness (QED) is 0.819. The number of Topliss-reactive ketones (excluding diaryl/α,β-unsaturated/α-hetero) is 1. The predicted molar refractivity (Wildman–Crippen MR) is 60.7 cm³/mol. The normalized spacial score (nSPS) is 12.9. The van der Waals surface area contributed by atoms with E-state index in [1.165, 1.54) is 5.56 Å². The van der Waals surface area contributed by atoms with Crippen molar-refractivity contribution in [3.63, 3.8) is 0 Å². The van der Waals surface area contributed by atoms with E-state index < -0.39 is 6.10 Å². The molecule has 0 saturated heterocycles. The molecule has 1 aromatic carbocycles. The first-order chi connectivity index (χ1) is 7.00. The molecular weight excluding hydrogens is 188 g/mol. The number of ketones is 1. The van der Waals surface area contributed by atoms with Gasteiger partial charge in [0.15, 0.2) is 5.78 Å². The second kappa shape index (κ2) is 5.08. The van der Waals surface area contributed by atoms with Crippen LogP contribution in [-0.4, -0.2) is 17.0 Å². The number of hydrogen-bond donors (Lipinski definition) is 1. The number of carbonyl (C=O) groups is 1. The van der Waals surface area contributed by atoms with Crippen LogP contribution in [0.5, 0.6) is 0 Å². The van der Waals surface area contributed by atoms with Gasteiger partial charge in [0.25, 0.3) is 0 Å². The Morgan fingerprint density at radius 3 is 2.27 bits per heavy atom. The molecule has 0 saturated carbocycles. The van der Waals surface area contributed by atoms with Crippen molar-refractivity contribution in [2.45, 2.75) is 33.3 Å². The second-order valence-electron chi connectivity index (χ2n) is 4.32. The Labute approximate surface area is 90.9 Å². The minimum atomic E-state index is -0.841. The molecule has 2 nitrogen and oxygen atoms in total. The molecule has 1 atom stereocenters. The van der Waals surface area contributed by atoms with Gasteiger partial charge in [-0.05, 0) is 18.4 Å². The van der Waals surface area contributed by atoms with Crippen LogP contribution in [0.3, 0.4) is 0 Å². The largest absolute Gasteiger partial charge is 0.385 e. The van der Waals surface area contributed by atoms with Crippen LogP contribution in [0.2, 0.25) is 0 Å². The zero-order valence-electron chi connectivity index (χ0n) is 9.53. The molecule has 0 radical (unpaired) electrons. The molecule has 1 unspecified atom stereocenters. The zero-order chi connectivity index (χ0) is 11.4. The summed E-state index contributed by atoms with van der Waals surface area (Å²) in [5.41, 5.74) is 2.14. The molecule has 0 amide bonds. The smallest absolute Gasteiger partial charge is 0.165 e. The van der Waals surface area contributed by atoms with Crippen LogP contribution in [0.4, 0.5) is 0 Å². The summed E-state index contributed by atoms with van der Waals surface area (Å²) in [6.07, 6.45) is -0.522. The molecule has 2 heteroatoms. The Bertz CT molecular complexity index is 325. The van der Waals surface area contributed by atoms with Gasteiger partial charge in [-0.1, -0.05) is 43.7 Å². The van der Waals surface area contributed by atoms with Crippen LogP contribution >= 0.6 is 0 Å². The van der Waals surface area contributed by atoms with Gasteiger partial charge < -0.3 is 5.11 Å². The van der Waals surface area contributed by atoms with E-state index in [1.54, 1.807) is 0 Å². The van der Waals surface area contributed by atoms with Crippen LogP contribution in [0.15, 0.2) is 24.3 Å². The Hall–Kier alpha value is -1.15. The summed E-state index contributed by atoms with van der Waals surface area (Å²) in [5, 5.41) is 9.56. The number of benzene rings is 1. The van der Waals surface area contributed by atoms with E-state index in [9.17, 15) is 9.90 Å². The van der Waals surface area contributed by atoms with Crippen molar-refractivity contribution in [3.8, 4) is 0 Å². The fourth-order valence-electron chi connectivity index (χ4n) is 1.38. The molecule has 0 bridgehead atoms. The van der Waals surface area contributed by atoms with Crippen molar-refractivity contribution in [2.75, 3.05) is 0 Å². The third kappa shape index (κ3) is 3.48. The summed E-state index contributed by atoms with van der Waals surface area (Å²) in [7, 11) is 0. The van der Waals surface area contributed by atoms with Crippen molar-refractivity contribution in [1.82, 2.24) is 0 Å². The van der Waals surface area contributed by atoms with Crippen LogP contribution < -0.4 is 0 Å². The van der Waals surface area contributed by atoms with Crippen LogP contribution in [0.1, 0.15) is 25.0 Å². The molecule has 0 fully saturated rings. The van der Waals surface area contributed by atoms with Crippen molar-refractivity contribution >= 4 is 5.78 Å². The Morgan fingerprint density at radius 1 is 1.27 bits per heavy atom. The van der Waals surface area contributed by atoms with Crippen LogP contribution in [-0.2, 0) is 11.2 Å². The van der Waals surface area contributed by atoms with Crippen molar-refractivity contribution in [3.05, 3.63) is 35.4 Å². The predicted octanol–water partition coefficient (Wildman–Crippen LogP) is 2.12. The van der Waals surface area contributed by atoms with Gasteiger partial charge >= 0.3 is 0 Å². The van der Waals surface area contributed by atoms with E-state index >= 15 is 0 Å². The summed E-state index contributed by atoms with van der Waals surface area (Å²) in [6, 6.07) is 7.81. The standard InChI is InChI=1S/C13H18O2/c1-9(2)13(15)12(14)8-11-6-4-10(3)5-7-11/h4-7,9,13,15H,8H2,1-3H3. The van der Waals surface area contributed by atoms with E-state index in [0.717, 1.165) is 5.56 Å². The topological polar surface area (TPSA) is 37.3 Å². The number of rotatable bonds is 4. The lowest BCUT2D eigenvalue weighted by molar-refractivity contribution is -0.128. The van der Waals surface area contributed by atoms with Gasteiger partial charge in [-0.2, -0.15) is 0 Å². The Balaban J connectivity index is 2.62. The number of hydrogen-bond acceptors (Lipinski definition) is 2. The monoisotopic (exact) mass is 206 g/mol. The molecule has 1 N–H and O–H groups in total. The van der Waals surface area contributed by atoms with Crippen LogP contribution in [0, 0.1) is 12.8 Å². The van der Waals surface area contributed by atoms with Gasteiger partial charge in [0, 0.05) is 6.42 Å². The van der Waals surface area contributed by atoms with Crippen molar-refractivity contribution in [1.29, 1.82) is 0 Å². The molecule has 1 rings (SSSR count). The highest BCUT2D eigenvalue weighted by Gasteiger charge is 2.18. The van der Waals surface area contributed by atoms with E-state index in [1.807, 2.05) is 45.0 Å². The lowest BCUT2D eigenvalue weighted by Crippen LogP contribution is -2.27. The first-order valence-electron chi connectivity index (χ1n) is 5.27. The van der Waals surface area contributed by atoms with Gasteiger partial charge in [-0.3, -0.25) is 4.79 Å². The second-order valence-corrected chi connectivity index (χ2v) is 4.32. The average Bonchev–Trinajstić information content (AvgIpc) is 2.20. The van der Waals surface area contributed by atoms with Crippen molar-refractivity contribution in [2.24, 2.45) is 5.92 Å². The molecule has 1 aromatic rings. The van der Waals surface area contributed by atoms with E-state index in [0.29, 0.717) is 6.42 Å². The summed E-state index contributed by atoms with van der Waals surface area (Å²) in [6.45, 7) is 5.70. The summed E-state index contributed by atoms with van der Waals surface area (Å²) >= 11 is 0. The number of aliphatic hydroxyl groups is 1. The molecule has 0 aromatic heterocycles.